The molecule has 0 unspecified atom stereocenters. The zero-order valence-electron chi connectivity index (χ0n) is 20.4. The third-order valence-electron chi connectivity index (χ3n) is 6.33. The maximum absolute atomic E-state index is 14.0. The Morgan fingerprint density at radius 1 is 0.921 bits per heavy atom. The highest BCUT2D eigenvalue weighted by Crippen LogP contribution is 2.30. The van der Waals surface area contributed by atoms with Crippen molar-refractivity contribution in [1.82, 2.24) is 10.3 Å². The maximum atomic E-state index is 14.0. The summed E-state index contributed by atoms with van der Waals surface area (Å²) in [6.45, 7) is 1.67. The smallest absolute Gasteiger partial charge is 0.323 e. The lowest BCUT2D eigenvalue weighted by molar-refractivity contribution is 0.0951. The highest BCUT2D eigenvalue weighted by atomic mass is 19.1. The van der Waals surface area contributed by atoms with E-state index in [-0.39, 0.29) is 18.1 Å². The highest BCUT2D eigenvalue weighted by Gasteiger charge is 2.22. The van der Waals surface area contributed by atoms with E-state index >= 15 is 0 Å². The molecule has 3 amide bonds. The van der Waals surface area contributed by atoms with Crippen LogP contribution in [0.4, 0.5) is 30.6 Å². The Labute approximate surface area is 218 Å². The third-order valence-corrected chi connectivity index (χ3v) is 6.33. The van der Waals surface area contributed by atoms with Crippen LogP contribution in [0.2, 0.25) is 0 Å². The molecule has 192 valence electrons. The number of hydrogen-bond acceptors (Lipinski definition) is 4. The van der Waals surface area contributed by atoms with Crippen molar-refractivity contribution in [3.05, 3.63) is 119 Å². The molecule has 0 saturated carbocycles. The van der Waals surface area contributed by atoms with Crippen LogP contribution < -0.4 is 20.9 Å². The molecule has 1 aliphatic heterocycles. The van der Waals surface area contributed by atoms with Gasteiger partial charge in [0.2, 0.25) is 0 Å². The molecule has 0 saturated heterocycles. The number of pyridine rings is 1. The lowest BCUT2D eigenvalue weighted by atomic mass is 9.98. The molecule has 4 aromatic rings. The van der Waals surface area contributed by atoms with Gasteiger partial charge in [0.05, 0.1) is 11.3 Å². The Hall–Kier alpha value is -4.79. The Balaban J connectivity index is 1.38. The molecule has 0 atom stereocenters. The Morgan fingerprint density at radius 3 is 2.55 bits per heavy atom. The van der Waals surface area contributed by atoms with E-state index in [2.05, 4.69) is 38.0 Å². The molecular weight excluding hydrogens is 488 g/mol. The summed E-state index contributed by atoms with van der Waals surface area (Å²) in [5.41, 5.74) is 4.64. The van der Waals surface area contributed by atoms with E-state index in [4.69, 9.17) is 0 Å². The minimum atomic E-state index is -0.892. The topological polar surface area (TPSA) is 86.4 Å². The zero-order chi connectivity index (χ0) is 26.5. The van der Waals surface area contributed by atoms with E-state index in [0.717, 1.165) is 36.3 Å². The number of carbonyl (C=O) groups is 2. The van der Waals surface area contributed by atoms with Crippen LogP contribution in [-0.2, 0) is 19.5 Å². The second-order valence-corrected chi connectivity index (χ2v) is 8.92. The summed E-state index contributed by atoms with van der Waals surface area (Å²) >= 11 is 0. The van der Waals surface area contributed by atoms with Gasteiger partial charge in [0, 0.05) is 49.5 Å². The first-order chi connectivity index (χ1) is 18.5. The first-order valence-corrected chi connectivity index (χ1v) is 12.1. The molecule has 7 nitrogen and oxygen atoms in total. The monoisotopic (exact) mass is 513 g/mol. The van der Waals surface area contributed by atoms with E-state index in [9.17, 15) is 18.4 Å². The number of nitrogens with one attached hydrogen (secondary N) is 3. The van der Waals surface area contributed by atoms with Crippen molar-refractivity contribution in [2.24, 2.45) is 0 Å². The average molecular weight is 514 g/mol. The van der Waals surface area contributed by atoms with Crippen molar-refractivity contribution in [3.63, 3.8) is 0 Å². The van der Waals surface area contributed by atoms with Crippen molar-refractivity contribution >= 4 is 29.0 Å². The number of hydrogen-bond donors (Lipinski definition) is 3. The van der Waals surface area contributed by atoms with E-state index in [0.29, 0.717) is 23.9 Å². The van der Waals surface area contributed by atoms with Gasteiger partial charge in [-0.2, -0.15) is 0 Å². The molecule has 0 bridgehead atoms. The Kier molecular flexibility index (Phi) is 7.26. The van der Waals surface area contributed by atoms with Gasteiger partial charge in [-0.05, 0) is 59.5 Å². The summed E-state index contributed by atoms with van der Waals surface area (Å²) in [7, 11) is 0. The molecular formula is C29H25F2N5O2. The number of fused-ring (bicyclic) bond motifs is 1. The highest BCUT2D eigenvalue weighted by molar-refractivity contribution is 6.04. The van der Waals surface area contributed by atoms with Gasteiger partial charge >= 0.3 is 6.03 Å². The molecule has 0 fully saturated rings. The van der Waals surface area contributed by atoms with Crippen molar-refractivity contribution < 1.29 is 18.4 Å². The van der Waals surface area contributed by atoms with Crippen LogP contribution in [0.25, 0.3) is 0 Å². The van der Waals surface area contributed by atoms with Gasteiger partial charge in [0.15, 0.2) is 0 Å². The number of anilines is 3. The minimum absolute atomic E-state index is 0.165. The normalized spacial score (nSPS) is 12.4. The van der Waals surface area contributed by atoms with Gasteiger partial charge in [-0.25, -0.2) is 13.6 Å². The van der Waals surface area contributed by atoms with E-state index < -0.39 is 17.7 Å². The number of urea groups is 1. The van der Waals surface area contributed by atoms with E-state index in [1.807, 2.05) is 18.2 Å². The van der Waals surface area contributed by atoms with E-state index in [1.165, 1.54) is 11.1 Å². The number of carbonyl (C=O) groups excluding carboxylic acids is 2. The van der Waals surface area contributed by atoms with Gasteiger partial charge in [-0.1, -0.05) is 30.3 Å². The quantitative estimate of drug-likeness (QED) is 0.318. The number of amides is 3. The number of nitrogens with zero attached hydrogens (tertiary/aromatic N) is 2. The molecule has 0 aliphatic carbocycles. The van der Waals surface area contributed by atoms with Crippen molar-refractivity contribution in [2.75, 3.05) is 22.1 Å². The molecule has 1 aromatic heterocycles. The molecule has 0 radical (unpaired) electrons. The van der Waals surface area contributed by atoms with Gasteiger partial charge in [-0.3, -0.25) is 9.78 Å². The number of halogens is 2. The lowest BCUT2D eigenvalue weighted by Gasteiger charge is -2.32. The predicted octanol–water partition coefficient (Wildman–Crippen LogP) is 5.50. The van der Waals surface area contributed by atoms with Gasteiger partial charge in [0.1, 0.15) is 11.6 Å². The predicted molar refractivity (Wildman–Crippen MR) is 142 cm³/mol. The van der Waals surface area contributed by atoms with E-state index in [1.54, 1.807) is 36.7 Å². The molecule has 3 aromatic carbocycles. The zero-order valence-corrected chi connectivity index (χ0v) is 20.4. The summed E-state index contributed by atoms with van der Waals surface area (Å²) in [6, 6.07) is 19.1. The summed E-state index contributed by atoms with van der Waals surface area (Å²) in [5.74, 6) is -1.95. The van der Waals surface area contributed by atoms with Gasteiger partial charge in [0.25, 0.3) is 5.91 Å². The molecule has 5 rings (SSSR count). The van der Waals surface area contributed by atoms with Crippen molar-refractivity contribution in [3.8, 4) is 0 Å². The fourth-order valence-electron chi connectivity index (χ4n) is 4.43. The second kappa shape index (κ2) is 11.1. The van der Waals surface area contributed by atoms with Crippen LogP contribution in [0.1, 0.15) is 27.0 Å². The van der Waals surface area contributed by atoms with Crippen LogP contribution in [0.3, 0.4) is 0 Å². The fraction of sp³-hybridized carbons (Fsp3) is 0.138. The SMILES string of the molecule is O=C(Nc1ccc(N2CCc3ccccc3C2)c(C(=O)NCc2cccnc2)c1)Nc1ccc(F)cc1F. The molecule has 2 heterocycles. The number of rotatable bonds is 6. The number of aromatic nitrogens is 1. The van der Waals surface area contributed by atoms with Crippen LogP contribution in [0.5, 0.6) is 0 Å². The van der Waals surface area contributed by atoms with Crippen molar-refractivity contribution in [1.29, 1.82) is 0 Å². The molecule has 9 heteroatoms. The summed E-state index contributed by atoms with van der Waals surface area (Å²) in [4.78, 5) is 32.1. The molecule has 3 N–H and O–H groups in total. The Bertz CT molecular complexity index is 1480. The Morgan fingerprint density at radius 2 is 1.76 bits per heavy atom. The maximum Gasteiger partial charge on any atom is 0.323 e. The van der Waals surface area contributed by atoms with Crippen LogP contribution in [0, 0.1) is 11.6 Å². The second-order valence-electron chi connectivity index (χ2n) is 8.92. The van der Waals surface area contributed by atoms with Crippen LogP contribution in [0.15, 0.2) is 85.2 Å². The number of benzene rings is 3. The van der Waals surface area contributed by atoms with Gasteiger partial charge in [-0.15, -0.1) is 0 Å². The third kappa shape index (κ3) is 5.78. The lowest BCUT2D eigenvalue weighted by Crippen LogP contribution is -2.33. The summed E-state index contributed by atoms with van der Waals surface area (Å²) in [6.07, 6.45) is 4.19. The first kappa shape index (κ1) is 24.9. The largest absolute Gasteiger partial charge is 0.366 e. The standard InChI is InChI=1S/C29H25F2N5O2/c30-22-7-9-26(25(31)14-22)35-29(38)34-23-8-10-27(36-13-11-20-5-1-2-6-21(20)18-36)24(15-23)28(37)33-17-19-4-3-12-32-16-19/h1-10,12,14-16H,11,13,17-18H2,(H,33,37)(H2,34,35,38). The van der Waals surface area contributed by atoms with Crippen LogP contribution in [-0.4, -0.2) is 23.5 Å². The molecule has 0 spiro atoms. The molecule has 1 aliphatic rings. The minimum Gasteiger partial charge on any atom is -0.366 e. The summed E-state index contributed by atoms with van der Waals surface area (Å²) < 4.78 is 27.1. The van der Waals surface area contributed by atoms with Crippen molar-refractivity contribution in [2.45, 2.75) is 19.5 Å². The van der Waals surface area contributed by atoms with Gasteiger partial charge < -0.3 is 20.9 Å². The van der Waals surface area contributed by atoms with Crippen LogP contribution >= 0.6 is 0 Å². The fourth-order valence-corrected chi connectivity index (χ4v) is 4.43. The first-order valence-electron chi connectivity index (χ1n) is 12.1. The molecule has 38 heavy (non-hydrogen) atoms. The summed E-state index contributed by atoms with van der Waals surface area (Å²) in [5, 5.41) is 7.92. The average Bonchev–Trinajstić information content (AvgIpc) is 2.93.